The van der Waals surface area contributed by atoms with Gasteiger partial charge in [-0.25, -0.2) is 4.79 Å². The van der Waals surface area contributed by atoms with Crippen molar-refractivity contribution in [3.05, 3.63) is 29.3 Å². The highest BCUT2D eigenvalue weighted by Gasteiger charge is 2.49. The summed E-state index contributed by atoms with van der Waals surface area (Å²) in [5.74, 6) is 0.157. The first-order valence-electron chi connectivity index (χ1n) is 9.64. The third-order valence-electron chi connectivity index (χ3n) is 6.50. The fourth-order valence-electron chi connectivity index (χ4n) is 4.98. The highest BCUT2D eigenvalue weighted by molar-refractivity contribution is 6.06. The first-order chi connectivity index (χ1) is 12.5. The average molecular weight is 357 g/mol. The topological polar surface area (TPSA) is 72.9 Å². The predicted octanol–water partition coefficient (Wildman–Crippen LogP) is 2.81. The molecule has 4 rings (SSSR count). The molecule has 1 aromatic carbocycles. The lowest BCUT2D eigenvalue weighted by molar-refractivity contribution is -0.122. The van der Waals surface area contributed by atoms with Crippen LogP contribution in [0.1, 0.15) is 43.2 Å². The number of rotatable bonds is 1. The number of aryl methyl sites for hydroxylation is 1. The first-order valence-corrected chi connectivity index (χ1v) is 9.64. The van der Waals surface area contributed by atoms with Gasteiger partial charge in [-0.3, -0.25) is 9.69 Å². The van der Waals surface area contributed by atoms with Crippen LogP contribution in [0.5, 0.6) is 0 Å². The number of carbonyl (C=O) groups is 2. The van der Waals surface area contributed by atoms with Gasteiger partial charge in [-0.05, 0) is 50.7 Å². The molecule has 2 N–H and O–H groups in total. The summed E-state index contributed by atoms with van der Waals surface area (Å²) < 4.78 is 0. The Labute approximate surface area is 154 Å². The van der Waals surface area contributed by atoms with E-state index in [0.29, 0.717) is 19.1 Å². The molecule has 1 saturated heterocycles. The van der Waals surface area contributed by atoms with Gasteiger partial charge in [0.2, 0.25) is 5.91 Å². The molecule has 0 bridgehead atoms. The Balaban J connectivity index is 1.46. The molecule has 1 aliphatic carbocycles. The number of carbonyl (C=O) groups excluding carboxylic acids is 1. The maximum atomic E-state index is 12.8. The van der Waals surface area contributed by atoms with Gasteiger partial charge in [-0.15, -0.1) is 0 Å². The minimum absolute atomic E-state index is 0.157. The second-order valence-electron chi connectivity index (χ2n) is 7.98. The summed E-state index contributed by atoms with van der Waals surface area (Å²) in [6, 6.07) is 6.70. The van der Waals surface area contributed by atoms with Crippen molar-refractivity contribution in [1.29, 1.82) is 0 Å². The van der Waals surface area contributed by atoms with E-state index in [-0.39, 0.29) is 11.3 Å². The van der Waals surface area contributed by atoms with Gasteiger partial charge in [-0.1, -0.05) is 17.7 Å². The molecule has 1 aromatic rings. The normalized spacial score (nSPS) is 29.3. The minimum Gasteiger partial charge on any atom is -0.465 e. The molecule has 0 aromatic heterocycles. The van der Waals surface area contributed by atoms with Gasteiger partial charge >= 0.3 is 6.09 Å². The summed E-state index contributed by atoms with van der Waals surface area (Å²) in [6.07, 6.45) is 3.81. The highest BCUT2D eigenvalue weighted by Crippen LogP contribution is 2.48. The van der Waals surface area contributed by atoms with Gasteiger partial charge in [0.25, 0.3) is 0 Å². The summed E-state index contributed by atoms with van der Waals surface area (Å²) in [6.45, 7) is 5.03. The second-order valence-corrected chi connectivity index (χ2v) is 7.98. The van der Waals surface area contributed by atoms with Crippen molar-refractivity contribution >= 4 is 17.7 Å². The second kappa shape index (κ2) is 6.58. The van der Waals surface area contributed by atoms with Gasteiger partial charge in [0.15, 0.2) is 0 Å². The molecule has 26 heavy (non-hydrogen) atoms. The number of benzene rings is 1. The molecule has 1 spiro atoms. The molecule has 2 amide bonds. The van der Waals surface area contributed by atoms with Gasteiger partial charge in [0.05, 0.1) is 5.41 Å². The third kappa shape index (κ3) is 2.86. The molecule has 0 atom stereocenters. The Morgan fingerprint density at radius 1 is 1.19 bits per heavy atom. The third-order valence-corrected chi connectivity index (χ3v) is 6.50. The Morgan fingerprint density at radius 2 is 1.96 bits per heavy atom. The molecule has 0 radical (unpaired) electrons. The van der Waals surface area contributed by atoms with Crippen LogP contribution in [0.3, 0.4) is 0 Å². The monoisotopic (exact) mass is 357 g/mol. The van der Waals surface area contributed by atoms with Crippen molar-refractivity contribution in [3.8, 4) is 0 Å². The van der Waals surface area contributed by atoms with Crippen LogP contribution in [0.2, 0.25) is 0 Å². The van der Waals surface area contributed by atoms with E-state index in [1.165, 1.54) is 16.0 Å². The number of hydrogen-bond donors (Lipinski definition) is 2. The molecule has 2 aliphatic heterocycles. The molecule has 1 saturated carbocycles. The molecule has 140 valence electrons. The van der Waals surface area contributed by atoms with E-state index in [9.17, 15) is 14.7 Å². The van der Waals surface area contributed by atoms with Gasteiger partial charge in [-0.2, -0.15) is 0 Å². The zero-order valence-corrected chi connectivity index (χ0v) is 15.3. The Morgan fingerprint density at radius 3 is 2.69 bits per heavy atom. The zero-order valence-electron chi connectivity index (χ0n) is 15.3. The van der Waals surface area contributed by atoms with E-state index < -0.39 is 6.09 Å². The van der Waals surface area contributed by atoms with Crippen molar-refractivity contribution in [2.45, 2.75) is 50.5 Å². The molecule has 2 fully saturated rings. The van der Waals surface area contributed by atoms with Crippen LogP contribution in [-0.4, -0.2) is 59.1 Å². The summed E-state index contributed by atoms with van der Waals surface area (Å²) >= 11 is 0. The van der Waals surface area contributed by atoms with E-state index in [0.717, 1.165) is 50.9 Å². The number of amides is 2. The SMILES string of the molecule is Cc1ccc2c(c1)C1(CCC(N3CCCN(C(=O)O)CC3)CC1)C(=O)N2. The van der Waals surface area contributed by atoms with E-state index >= 15 is 0 Å². The summed E-state index contributed by atoms with van der Waals surface area (Å²) in [4.78, 5) is 27.9. The molecule has 0 unspecified atom stereocenters. The van der Waals surface area contributed by atoms with E-state index in [2.05, 4.69) is 29.3 Å². The highest BCUT2D eigenvalue weighted by atomic mass is 16.4. The van der Waals surface area contributed by atoms with Crippen LogP contribution in [0.4, 0.5) is 10.5 Å². The zero-order chi connectivity index (χ0) is 18.3. The molecular weight excluding hydrogens is 330 g/mol. The van der Waals surface area contributed by atoms with Crippen LogP contribution in [0.25, 0.3) is 0 Å². The van der Waals surface area contributed by atoms with Crippen LogP contribution in [0.15, 0.2) is 18.2 Å². The molecule has 3 aliphatic rings. The molecular formula is C20H27N3O3. The lowest BCUT2D eigenvalue weighted by Gasteiger charge is -2.40. The Kier molecular flexibility index (Phi) is 4.39. The van der Waals surface area contributed by atoms with Crippen LogP contribution in [0, 0.1) is 6.92 Å². The lowest BCUT2D eigenvalue weighted by atomic mass is 9.68. The smallest absolute Gasteiger partial charge is 0.407 e. The first kappa shape index (κ1) is 17.3. The van der Waals surface area contributed by atoms with Crippen molar-refractivity contribution < 1.29 is 14.7 Å². The number of fused-ring (bicyclic) bond motifs is 2. The summed E-state index contributed by atoms with van der Waals surface area (Å²) in [5, 5.41) is 12.3. The summed E-state index contributed by atoms with van der Waals surface area (Å²) in [7, 11) is 0. The largest absolute Gasteiger partial charge is 0.465 e. The van der Waals surface area contributed by atoms with Crippen molar-refractivity contribution in [2.75, 3.05) is 31.5 Å². The standard InChI is InChI=1S/C20H27N3O3/c1-14-3-4-17-16(13-14)20(18(24)21-17)7-5-15(6-8-20)22-9-2-10-23(12-11-22)19(25)26/h3-4,13,15H,2,5-12H2,1H3,(H,21,24)(H,25,26). The van der Waals surface area contributed by atoms with Crippen molar-refractivity contribution in [1.82, 2.24) is 9.80 Å². The fraction of sp³-hybridized carbons (Fsp3) is 0.600. The van der Waals surface area contributed by atoms with Crippen LogP contribution < -0.4 is 5.32 Å². The number of carboxylic acid groups (broad SMARTS) is 1. The molecule has 2 heterocycles. The Bertz CT molecular complexity index is 725. The van der Waals surface area contributed by atoms with E-state index in [1.807, 2.05) is 6.07 Å². The summed E-state index contributed by atoms with van der Waals surface area (Å²) in [5.41, 5.74) is 2.99. The quantitative estimate of drug-likeness (QED) is 0.811. The molecule has 6 nitrogen and oxygen atoms in total. The van der Waals surface area contributed by atoms with Gasteiger partial charge in [0.1, 0.15) is 0 Å². The fourth-order valence-corrected chi connectivity index (χ4v) is 4.98. The van der Waals surface area contributed by atoms with Crippen LogP contribution >= 0.6 is 0 Å². The number of nitrogens with zero attached hydrogens (tertiary/aromatic N) is 2. The maximum absolute atomic E-state index is 12.8. The van der Waals surface area contributed by atoms with Crippen LogP contribution in [-0.2, 0) is 10.2 Å². The average Bonchev–Trinajstić information content (AvgIpc) is 2.81. The van der Waals surface area contributed by atoms with E-state index in [4.69, 9.17) is 0 Å². The van der Waals surface area contributed by atoms with Crippen molar-refractivity contribution in [3.63, 3.8) is 0 Å². The Hall–Kier alpha value is -2.08. The number of hydrogen-bond acceptors (Lipinski definition) is 3. The number of anilines is 1. The van der Waals surface area contributed by atoms with Gasteiger partial charge < -0.3 is 15.3 Å². The lowest BCUT2D eigenvalue weighted by Crippen LogP contribution is -2.46. The number of nitrogens with one attached hydrogen (secondary N) is 1. The maximum Gasteiger partial charge on any atom is 0.407 e. The predicted molar refractivity (Wildman–Crippen MR) is 99.5 cm³/mol. The van der Waals surface area contributed by atoms with Crippen molar-refractivity contribution in [2.24, 2.45) is 0 Å². The minimum atomic E-state index is -0.816. The van der Waals surface area contributed by atoms with Gasteiger partial charge in [0, 0.05) is 37.9 Å². The van der Waals surface area contributed by atoms with E-state index in [1.54, 1.807) is 0 Å². The molecule has 6 heteroatoms.